The molecule has 0 rings (SSSR count). The smallest absolute Gasteiger partial charge is 0.0969 e. The Bertz CT molecular complexity index is 186. The number of likely N-dealkylation sites (N-methyl/N-ethyl adjacent to an activating group) is 1. The van der Waals surface area contributed by atoms with E-state index in [1.165, 1.54) is 0 Å². The monoisotopic (exact) mass is 309 g/mol. The lowest BCUT2D eigenvalue weighted by Crippen LogP contribution is -3.00. The molecule has 0 atom stereocenters. The highest BCUT2D eigenvalue weighted by Gasteiger charge is 2.07. The van der Waals surface area contributed by atoms with Crippen LogP contribution in [0.25, 0.3) is 0 Å². The van der Waals surface area contributed by atoms with Crippen LogP contribution in [-0.4, -0.2) is 90.4 Å². The fourth-order valence-corrected chi connectivity index (χ4v) is 0.774. The van der Waals surface area contributed by atoms with Gasteiger partial charge in [-0.15, -0.1) is 0 Å². The van der Waals surface area contributed by atoms with Crippen molar-refractivity contribution in [3.8, 4) is 0 Å². The van der Waals surface area contributed by atoms with Crippen LogP contribution in [0.2, 0.25) is 0 Å². The van der Waals surface area contributed by atoms with Crippen LogP contribution in [0.3, 0.4) is 0 Å². The van der Waals surface area contributed by atoms with E-state index < -0.39 is 0 Å². The van der Waals surface area contributed by atoms with Crippen LogP contribution in [0, 0.1) is 7.43 Å². The van der Waals surface area contributed by atoms with E-state index in [1.807, 2.05) is 38.2 Å². The Morgan fingerprint density at radius 3 is 1.05 bits per heavy atom. The minimum absolute atomic E-state index is 0. The number of nitrogens with zero attached hydrogens (tertiary/aromatic N) is 3. The summed E-state index contributed by atoms with van der Waals surface area (Å²) in [5.74, 6) is 0. The average Bonchev–Trinajstić information content (AvgIpc) is 1.97. The van der Waals surface area contributed by atoms with Crippen molar-refractivity contribution < 1.29 is 21.4 Å². The quantitative estimate of drug-likeness (QED) is 0.380. The van der Waals surface area contributed by atoms with Gasteiger partial charge in [-0.05, 0) is 33.3 Å². The first-order chi connectivity index (χ1) is 7.85. The van der Waals surface area contributed by atoms with E-state index in [0.29, 0.717) is 0 Å². The van der Waals surface area contributed by atoms with Gasteiger partial charge in [-0.2, -0.15) is 0 Å². The molecule has 4 heteroatoms. The number of quaternary nitrogens is 2. The summed E-state index contributed by atoms with van der Waals surface area (Å²) < 4.78 is 1.95. The van der Waals surface area contributed by atoms with E-state index in [0.717, 1.165) is 22.1 Å². The highest BCUT2D eigenvalue weighted by Crippen LogP contribution is 1.95. The molecule has 0 heterocycles. The van der Waals surface area contributed by atoms with Crippen molar-refractivity contribution >= 4 is 0 Å². The van der Waals surface area contributed by atoms with Gasteiger partial charge >= 0.3 is 0 Å². The van der Waals surface area contributed by atoms with Crippen LogP contribution in [0.4, 0.5) is 0 Å². The molecule has 0 aliphatic rings. The molecule has 0 saturated carbocycles. The number of halogens is 1. The Morgan fingerprint density at radius 1 is 0.800 bits per heavy atom. The first-order valence-electron chi connectivity index (χ1n) is 6.29. The summed E-state index contributed by atoms with van der Waals surface area (Å²) in [6.45, 7) is 9.37. The standard InChI is InChI=1S/C8H16N.C4H12N.C3H9N.CH3.ClH/c1-5-7-9(3,4)8-6-2;1-5(2,3)4;1-4(2)3;;/h5-6H,1-2,7-8H2,3-4H3;1-4H3;1-3H3;1H3;1H/q2*+1;;-1;/p-1. The predicted molar refractivity (Wildman–Crippen MR) is 92.2 cm³/mol. The van der Waals surface area contributed by atoms with Gasteiger partial charge in [0.1, 0.15) is 0 Å². The first-order valence-corrected chi connectivity index (χ1v) is 6.29. The molecule has 0 radical (unpaired) electrons. The second-order valence-electron chi connectivity index (χ2n) is 6.90. The molecule has 0 aliphatic carbocycles. The zero-order valence-electron chi connectivity index (χ0n) is 15.7. The third kappa shape index (κ3) is 83.6. The van der Waals surface area contributed by atoms with Crippen molar-refractivity contribution in [2.24, 2.45) is 0 Å². The van der Waals surface area contributed by atoms with Crippen LogP contribution in [0.15, 0.2) is 25.3 Å². The van der Waals surface area contributed by atoms with E-state index in [4.69, 9.17) is 0 Å². The lowest BCUT2D eigenvalue weighted by atomic mass is 10.4. The average molecular weight is 310 g/mol. The Kier molecular flexibility index (Phi) is 26.6. The Morgan fingerprint density at radius 2 is 0.950 bits per heavy atom. The van der Waals surface area contributed by atoms with Gasteiger partial charge in [0.05, 0.1) is 55.4 Å². The van der Waals surface area contributed by atoms with E-state index in [-0.39, 0.29) is 19.8 Å². The predicted octanol–water partition coefficient (Wildman–Crippen LogP) is -0.611. The van der Waals surface area contributed by atoms with E-state index in [2.05, 4.69) is 55.4 Å². The molecule has 3 nitrogen and oxygen atoms in total. The van der Waals surface area contributed by atoms with Crippen molar-refractivity contribution in [3.63, 3.8) is 0 Å². The number of hydrogen-bond donors (Lipinski definition) is 0. The lowest BCUT2D eigenvalue weighted by molar-refractivity contribution is -0.878. The van der Waals surface area contributed by atoms with Crippen molar-refractivity contribution in [3.05, 3.63) is 32.7 Å². The highest BCUT2D eigenvalue weighted by atomic mass is 35.5. The summed E-state index contributed by atoms with van der Waals surface area (Å²) in [6.07, 6.45) is 3.87. The summed E-state index contributed by atoms with van der Waals surface area (Å²) in [5.41, 5.74) is 0. The number of rotatable bonds is 4. The Labute approximate surface area is 136 Å². The van der Waals surface area contributed by atoms with E-state index >= 15 is 0 Å². The summed E-state index contributed by atoms with van der Waals surface area (Å²) in [5, 5.41) is 0. The molecule has 0 amide bonds. The van der Waals surface area contributed by atoms with Crippen LogP contribution >= 0.6 is 0 Å². The molecule has 0 fully saturated rings. The maximum atomic E-state index is 3.68. The van der Waals surface area contributed by atoms with Crippen LogP contribution in [-0.2, 0) is 0 Å². The molecule has 20 heavy (non-hydrogen) atoms. The lowest BCUT2D eigenvalue weighted by Gasteiger charge is -2.26. The van der Waals surface area contributed by atoms with E-state index in [1.54, 1.807) is 0 Å². The van der Waals surface area contributed by atoms with Gasteiger partial charge in [0, 0.05) is 0 Å². The van der Waals surface area contributed by atoms with Crippen molar-refractivity contribution in [1.82, 2.24) is 4.90 Å². The summed E-state index contributed by atoms with van der Waals surface area (Å²) in [4.78, 5) is 2.00. The molecular formula is C16H40ClN3. The van der Waals surface area contributed by atoms with Gasteiger partial charge in [-0.25, -0.2) is 0 Å². The van der Waals surface area contributed by atoms with Crippen molar-refractivity contribution in [1.29, 1.82) is 0 Å². The molecule has 0 saturated heterocycles. The number of hydrogen-bond acceptors (Lipinski definition) is 1. The van der Waals surface area contributed by atoms with Gasteiger partial charge in [0.15, 0.2) is 0 Å². The largest absolute Gasteiger partial charge is 1.00 e. The van der Waals surface area contributed by atoms with Gasteiger partial charge in [-0.3, -0.25) is 0 Å². The molecule has 0 aromatic rings. The molecule has 0 bridgehead atoms. The Balaban J connectivity index is -0.0000000591. The summed E-state index contributed by atoms with van der Waals surface area (Å²) >= 11 is 0. The normalized spacial score (nSPS) is 9.70. The zero-order valence-corrected chi connectivity index (χ0v) is 16.5. The van der Waals surface area contributed by atoms with Crippen molar-refractivity contribution in [2.45, 2.75) is 0 Å². The Hall–Kier alpha value is -0.350. The van der Waals surface area contributed by atoms with Gasteiger partial charge < -0.3 is 33.7 Å². The third-order valence-corrected chi connectivity index (χ3v) is 1.25. The zero-order chi connectivity index (χ0) is 15.4. The maximum Gasteiger partial charge on any atom is 0.0969 e. The third-order valence-electron chi connectivity index (χ3n) is 1.25. The fourth-order valence-electron chi connectivity index (χ4n) is 0.774. The summed E-state index contributed by atoms with van der Waals surface area (Å²) in [6, 6.07) is 0. The molecule has 0 spiro atoms. The molecule has 0 aliphatic heterocycles. The molecule has 126 valence electrons. The molecular weight excluding hydrogens is 270 g/mol. The van der Waals surface area contributed by atoms with Crippen LogP contribution in [0.5, 0.6) is 0 Å². The second-order valence-corrected chi connectivity index (χ2v) is 6.90. The van der Waals surface area contributed by atoms with Crippen molar-refractivity contribution in [2.75, 3.05) is 76.5 Å². The van der Waals surface area contributed by atoms with Gasteiger partial charge in [-0.1, -0.05) is 13.2 Å². The fraction of sp³-hybridized carbons (Fsp3) is 0.688. The molecule has 0 unspecified atom stereocenters. The highest BCUT2D eigenvalue weighted by molar-refractivity contribution is 4.69. The van der Waals surface area contributed by atoms with E-state index in [9.17, 15) is 0 Å². The van der Waals surface area contributed by atoms with Gasteiger partial charge in [0.25, 0.3) is 0 Å². The van der Waals surface area contributed by atoms with Crippen LogP contribution in [0.1, 0.15) is 0 Å². The van der Waals surface area contributed by atoms with Crippen LogP contribution < -0.4 is 12.4 Å². The minimum Gasteiger partial charge on any atom is -1.00 e. The molecule has 0 aromatic carbocycles. The maximum absolute atomic E-state index is 3.68. The first kappa shape index (κ1) is 31.8. The minimum atomic E-state index is 0. The van der Waals surface area contributed by atoms with Gasteiger partial charge in [0.2, 0.25) is 0 Å². The SMILES string of the molecule is C=CC[N+](C)(C)CC=C.CN(C)C.C[N+](C)(C)C.[CH3-].[Cl-]. The molecule has 0 aromatic heterocycles. The second kappa shape index (κ2) is 16.7. The topological polar surface area (TPSA) is 3.24 Å². The molecule has 0 N–H and O–H groups in total. The summed E-state index contributed by atoms with van der Waals surface area (Å²) in [7, 11) is 18.8.